The maximum atomic E-state index is 13.4. The van der Waals surface area contributed by atoms with Crippen molar-refractivity contribution >= 4 is 29.4 Å². The van der Waals surface area contributed by atoms with Crippen molar-refractivity contribution in [3.63, 3.8) is 0 Å². The molecule has 9 heteroatoms. The quantitative estimate of drug-likeness (QED) is 0.718. The van der Waals surface area contributed by atoms with Gasteiger partial charge in [0.1, 0.15) is 18.2 Å². The number of amides is 2. The third-order valence-electron chi connectivity index (χ3n) is 3.86. The average Bonchev–Trinajstić information content (AvgIpc) is 3.18. The van der Waals surface area contributed by atoms with Gasteiger partial charge in [-0.2, -0.15) is 16.9 Å². The predicted octanol–water partition coefficient (Wildman–Crippen LogP) is 1.78. The summed E-state index contributed by atoms with van der Waals surface area (Å²) in [5, 5.41) is 9.95. The molecule has 2 heterocycles. The van der Waals surface area contributed by atoms with Crippen LogP contribution in [-0.2, 0) is 27.6 Å². The number of carbonyl (C=O) groups excluding carboxylic acids is 2. The van der Waals surface area contributed by atoms with Crippen LogP contribution in [0.2, 0.25) is 0 Å². The number of halogens is 1. The first kappa shape index (κ1) is 18.4. The summed E-state index contributed by atoms with van der Waals surface area (Å²) in [7, 11) is 1.56. The van der Waals surface area contributed by atoms with Gasteiger partial charge >= 0.3 is 0 Å². The molecule has 2 amide bonds. The molecule has 0 radical (unpaired) electrons. The number of hydrogen-bond acceptors (Lipinski definition) is 5. The van der Waals surface area contributed by atoms with Gasteiger partial charge in [-0.05, 0) is 18.2 Å². The summed E-state index contributed by atoms with van der Waals surface area (Å²) in [5.74, 6) is 0.781. The zero-order valence-corrected chi connectivity index (χ0v) is 15.1. The topological polar surface area (TPSA) is 85.2 Å². The Kier molecular flexibility index (Phi) is 5.89. The molecule has 1 aliphatic heterocycles. The van der Waals surface area contributed by atoms with Crippen LogP contribution in [0.15, 0.2) is 24.3 Å². The van der Waals surface area contributed by atoms with Crippen LogP contribution in [0.3, 0.4) is 0 Å². The average molecular weight is 378 g/mol. The summed E-state index contributed by atoms with van der Waals surface area (Å²) in [6.45, 7) is 0.804. The van der Waals surface area contributed by atoms with Gasteiger partial charge in [0.2, 0.25) is 5.91 Å². The molecule has 0 saturated carbocycles. The summed E-state index contributed by atoms with van der Waals surface area (Å²) in [4.78, 5) is 24.5. The SMILES string of the molecule is COCCNC(=O)Cn1nc2c(c1NC(=O)c1cccc(F)c1)CSC2. The maximum Gasteiger partial charge on any atom is 0.256 e. The molecule has 0 atom stereocenters. The van der Waals surface area contributed by atoms with E-state index in [4.69, 9.17) is 4.74 Å². The fourth-order valence-corrected chi connectivity index (χ4v) is 3.65. The third kappa shape index (κ3) is 4.23. The van der Waals surface area contributed by atoms with Gasteiger partial charge in [-0.3, -0.25) is 9.59 Å². The van der Waals surface area contributed by atoms with E-state index in [1.807, 2.05) is 0 Å². The Morgan fingerprint density at radius 3 is 3.00 bits per heavy atom. The fourth-order valence-electron chi connectivity index (χ4n) is 2.61. The van der Waals surface area contributed by atoms with Gasteiger partial charge in [0, 0.05) is 36.3 Å². The number of thioether (sulfide) groups is 1. The lowest BCUT2D eigenvalue weighted by atomic mass is 10.2. The molecule has 1 aliphatic rings. The Morgan fingerprint density at radius 2 is 2.23 bits per heavy atom. The first-order valence-corrected chi connectivity index (χ1v) is 9.23. The normalized spacial score (nSPS) is 12.7. The van der Waals surface area contributed by atoms with Crippen LogP contribution in [0.4, 0.5) is 10.2 Å². The molecule has 1 aromatic carbocycles. The summed E-state index contributed by atoms with van der Waals surface area (Å²) >= 11 is 1.69. The predicted molar refractivity (Wildman–Crippen MR) is 96.5 cm³/mol. The zero-order chi connectivity index (χ0) is 18.5. The lowest BCUT2D eigenvalue weighted by Crippen LogP contribution is -2.31. The van der Waals surface area contributed by atoms with Crippen LogP contribution in [0, 0.1) is 5.82 Å². The second-order valence-corrected chi connectivity index (χ2v) is 6.72. The van der Waals surface area contributed by atoms with Gasteiger partial charge < -0.3 is 15.4 Å². The minimum absolute atomic E-state index is 0.0137. The molecule has 0 unspecified atom stereocenters. The highest BCUT2D eigenvalue weighted by Gasteiger charge is 2.25. The van der Waals surface area contributed by atoms with Gasteiger partial charge in [-0.25, -0.2) is 9.07 Å². The summed E-state index contributed by atoms with van der Waals surface area (Å²) in [6, 6.07) is 5.46. The molecule has 0 spiro atoms. The van der Waals surface area contributed by atoms with E-state index in [1.165, 1.54) is 28.9 Å². The monoisotopic (exact) mass is 378 g/mol. The Balaban J connectivity index is 1.77. The highest BCUT2D eigenvalue weighted by molar-refractivity contribution is 7.98. The fraction of sp³-hybridized carbons (Fsp3) is 0.353. The van der Waals surface area contributed by atoms with Crippen molar-refractivity contribution in [2.45, 2.75) is 18.1 Å². The highest BCUT2D eigenvalue weighted by atomic mass is 32.2. The molecule has 7 nitrogen and oxygen atoms in total. The number of methoxy groups -OCH3 is 1. The van der Waals surface area contributed by atoms with Crippen LogP contribution in [0.1, 0.15) is 21.6 Å². The molecule has 2 aromatic rings. The van der Waals surface area contributed by atoms with E-state index >= 15 is 0 Å². The first-order valence-electron chi connectivity index (χ1n) is 8.07. The van der Waals surface area contributed by atoms with Crippen LogP contribution >= 0.6 is 11.8 Å². The Morgan fingerprint density at radius 1 is 1.38 bits per heavy atom. The third-order valence-corrected chi connectivity index (χ3v) is 4.83. The number of rotatable bonds is 7. The lowest BCUT2D eigenvalue weighted by Gasteiger charge is -2.11. The van der Waals surface area contributed by atoms with Crippen molar-refractivity contribution in [2.24, 2.45) is 0 Å². The molecular weight excluding hydrogens is 359 g/mol. The number of anilines is 1. The molecular formula is C17H19FN4O3S. The Hall–Kier alpha value is -2.39. The van der Waals surface area contributed by atoms with Gasteiger partial charge in [-0.1, -0.05) is 6.07 Å². The number of fused-ring (bicyclic) bond motifs is 1. The number of aromatic nitrogens is 2. The number of ether oxygens (including phenoxy) is 1. The van der Waals surface area contributed by atoms with Gasteiger partial charge in [0.15, 0.2) is 0 Å². The second-order valence-electron chi connectivity index (χ2n) is 5.73. The molecule has 0 fully saturated rings. The number of hydrogen-bond donors (Lipinski definition) is 2. The molecule has 2 N–H and O–H groups in total. The van der Waals surface area contributed by atoms with Crippen LogP contribution < -0.4 is 10.6 Å². The van der Waals surface area contributed by atoms with E-state index in [0.29, 0.717) is 24.7 Å². The van der Waals surface area contributed by atoms with E-state index < -0.39 is 11.7 Å². The second kappa shape index (κ2) is 8.33. The van der Waals surface area contributed by atoms with Crippen LogP contribution in [0.5, 0.6) is 0 Å². The summed E-state index contributed by atoms with van der Waals surface area (Å²) < 4.78 is 19.8. The molecule has 26 heavy (non-hydrogen) atoms. The summed E-state index contributed by atoms with van der Waals surface area (Å²) in [6.07, 6.45) is 0. The van der Waals surface area contributed by atoms with Crippen molar-refractivity contribution < 1.29 is 18.7 Å². The zero-order valence-electron chi connectivity index (χ0n) is 14.3. The van der Waals surface area contributed by atoms with Crippen LogP contribution in [-0.4, -0.2) is 41.9 Å². The number of nitrogens with one attached hydrogen (secondary N) is 2. The minimum atomic E-state index is -0.482. The number of nitrogens with zero attached hydrogens (tertiary/aromatic N) is 2. The molecule has 138 valence electrons. The van der Waals surface area contributed by atoms with E-state index in [0.717, 1.165) is 17.0 Å². The molecule has 0 bridgehead atoms. The standard InChI is InChI=1S/C17H19FN4O3S/c1-25-6-5-19-15(23)8-22-16(13-9-26-10-14(13)21-22)20-17(24)11-3-2-4-12(18)7-11/h2-4,7H,5-6,8-10H2,1H3,(H,19,23)(H,20,24). The first-order chi connectivity index (χ1) is 12.6. The van der Waals surface area contributed by atoms with Gasteiger partial charge in [-0.15, -0.1) is 0 Å². The molecule has 0 aliphatic carbocycles. The minimum Gasteiger partial charge on any atom is -0.383 e. The van der Waals surface area contributed by atoms with Crippen molar-refractivity contribution in [1.82, 2.24) is 15.1 Å². The Bertz CT molecular complexity index is 824. The molecule has 0 saturated heterocycles. The number of benzene rings is 1. The van der Waals surface area contributed by atoms with E-state index in [9.17, 15) is 14.0 Å². The van der Waals surface area contributed by atoms with E-state index in [1.54, 1.807) is 18.9 Å². The summed E-state index contributed by atoms with van der Waals surface area (Å²) in [5.41, 5.74) is 1.97. The van der Waals surface area contributed by atoms with Crippen molar-refractivity contribution in [3.8, 4) is 0 Å². The lowest BCUT2D eigenvalue weighted by molar-refractivity contribution is -0.122. The Labute approximate surface area is 154 Å². The van der Waals surface area contributed by atoms with Gasteiger partial charge in [0.25, 0.3) is 5.91 Å². The van der Waals surface area contributed by atoms with E-state index in [2.05, 4.69) is 15.7 Å². The highest BCUT2D eigenvalue weighted by Crippen LogP contribution is 2.34. The molecule has 3 rings (SSSR count). The number of carbonyl (C=O) groups is 2. The van der Waals surface area contributed by atoms with Crippen LogP contribution in [0.25, 0.3) is 0 Å². The smallest absolute Gasteiger partial charge is 0.256 e. The molecule has 1 aromatic heterocycles. The van der Waals surface area contributed by atoms with Crippen molar-refractivity contribution in [1.29, 1.82) is 0 Å². The van der Waals surface area contributed by atoms with Crippen molar-refractivity contribution in [3.05, 3.63) is 46.9 Å². The van der Waals surface area contributed by atoms with E-state index in [-0.39, 0.29) is 18.0 Å². The van der Waals surface area contributed by atoms with Gasteiger partial charge in [0.05, 0.1) is 12.3 Å². The maximum absolute atomic E-state index is 13.4. The van der Waals surface area contributed by atoms with Crippen molar-refractivity contribution in [2.75, 3.05) is 25.6 Å². The largest absolute Gasteiger partial charge is 0.383 e.